The van der Waals surface area contributed by atoms with Gasteiger partial charge in [0.1, 0.15) is 0 Å². The molecule has 1 heterocycles. The zero-order valence-electron chi connectivity index (χ0n) is 12.5. The van der Waals surface area contributed by atoms with Crippen molar-refractivity contribution in [2.45, 2.75) is 38.1 Å². The van der Waals surface area contributed by atoms with Crippen LogP contribution in [0.5, 0.6) is 0 Å². The smallest absolute Gasteiger partial charge is 0.0671 e. The van der Waals surface area contributed by atoms with Crippen LogP contribution in [0.25, 0.3) is 0 Å². The van der Waals surface area contributed by atoms with E-state index in [1.807, 2.05) is 23.1 Å². The molecular formula is C17H23NS2. The van der Waals surface area contributed by atoms with Gasteiger partial charge in [-0.1, -0.05) is 26.0 Å². The molecule has 1 aromatic heterocycles. The van der Waals surface area contributed by atoms with Crippen LogP contribution in [-0.4, -0.2) is 12.3 Å². The molecule has 1 nitrogen and oxygen atoms in total. The maximum Gasteiger partial charge on any atom is 0.0671 e. The zero-order valence-corrected chi connectivity index (χ0v) is 14.1. The largest absolute Gasteiger partial charge is 0.306 e. The molecule has 2 aromatic rings. The Morgan fingerprint density at radius 2 is 1.85 bits per heavy atom. The van der Waals surface area contributed by atoms with Crippen molar-refractivity contribution in [2.24, 2.45) is 0 Å². The molecule has 0 aliphatic carbocycles. The number of benzene rings is 1. The molecule has 1 unspecified atom stereocenters. The summed E-state index contributed by atoms with van der Waals surface area (Å²) in [5.74, 6) is 1.13. The van der Waals surface area contributed by atoms with Crippen molar-refractivity contribution < 1.29 is 0 Å². The van der Waals surface area contributed by atoms with Crippen molar-refractivity contribution in [2.75, 3.05) is 12.3 Å². The Bertz CT molecular complexity index is 516. The maximum absolute atomic E-state index is 3.67. The molecule has 0 bridgehead atoms. The number of nitrogens with one attached hydrogen (secondary N) is 1. The average molecular weight is 306 g/mol. The van der Waals surface area contributed by atoms with Gasteiger partial charge in [0.15, 0.2) is 0 Å². The summed E-state index contributed by atoms with van der Waals surface area (Å²) >= 11 is 3.78. The number of aryl methyl sites for hydroxylation is 1. The van der Waals surface area contributed by atoms with Gasteiger partial charge in [0.25, 0.3) is 0 Å². The van der Waals surface area contributed by atoms with Gasteiger partial charge >= 0.3 is 0 Å². The second-order valence-electron chi connectivity index (χ2n) is 4.84. The quantitative estimate of drug-likeness (QED) is 0.700. The minimum Gasteiger partial charge on any atom is -0.306 e. The van der Waals surface area contributed by atoms with Gasteiger partial charge < -0.3 is 5.32 Å². The maximum atomic E-state index is 3.67. The molecule has 1 N–H and O–H groups in total. The standard InChI is InChI=1S/C17H23NS2/c1-4-12-18-17(16-11-6-13(3)20-16)14-7-9-15(10-8-14)19-5-2/h6-11,17-18H,4-5,12H2,1-3H3. The van der Waals surface area contributed by atoms with Crippen molar-refractivity contribution in [3.63, 3.8) is 0 Å². The number of thioether (sulfide) groups is 1. The summed E-state index contributed by atoms with van der Waals surface area (Å²) in [6, 6.07) is 13.8. The summed E-state index contributed by atoms with van der Waals surface area (Å²) in [7, 11) is 0. The molecule has 2 rings (SSSR count). The first-order chi connectivity index (χ1) is 9.74. The lowest BCUT2D eigenvalue weighted by Gasteiger charge is -2.18. The van der Waals surface area contributed by atoms with Gasteiger partial charge in [-0.2, -0.15) is 0 Å². The molecular weight excluding hydrogens is 282 g/mol. The van der Waals surface area contributed by atoms with Gasteiger partial charge in [0.05, 0.1) is 6.04 Å². The predicted octanol–water partition coefficient (Wildman–Crippen LogP) is 5.26. The Hall–Kier alpha value is -0.770. The van der Waals surface area contributed by atoms with E-state index in [4.69, 9.17) is 0 Å². The molecule has 0 amide bonds. The zero-order chi connectivity index (χ0) is 14.4. The van der Waals surface area contributed by atoms with Gasteiger partial charge in [0.2, 0.25) is 0 Å². The van der Waals surface area contributed by atoms with E-state index in [0.29, 0.717) is 6.04 Å². The van der Waals surface area contributed by atoms with Crippen molar-refractivity contribution in [1.29, 1.82) is 0 Å². The van der Waals surface area contributed by atoms with Crippen molar-refractivity contribution in [3.8, 4) is 0 Å². The van der Waals surface area contributed by atoms with E-state index in [2.05, 4.69) is 62.5 Å². The highest BCUT2D eigenvalue weighted by Gasteiger charge is 2.14. The summed E-state index contributed by atoms with van der Waals surface area (Å²) < 4.78 is 0. The van der Waals surface area contributed by atoms with Crippen LogP contribution < -0.4 is 5.32 Å². The first-order valence-electron chi connectivity index (χ1n) is 7.27. The van der Waals surface area contributed by atoms with Crippen LogP contribution in [0.3, 0.4) is 0 Å². The molecule has 20 heavy (non-hydrogen) atoms. The predicted molar refractivity (Wildman–Crippen MR) is 92.0 cm³/mol. The number of hydrogen-bond donors (Lipinski definition) is 1. The highest BCUT2D eigenvalue weighted by atomic mass is 32.2. The lowest BCUT2D eigenvalue weighted by Crippen LogP contribution is -2.22. The normalized spacial score (nSPS) is 12.6. The summed E-state index contributed by atoms with van der Waals surface area (Å²) in [5.41, 5.74) is 1.36. The summed E-state index contributed by atoms with van der Waals surface area (Å²) in [4.78, 5) is 4.14. The third kappa shape index (κ3) is 4.11. The summed E-state index contributed by atoms with van der Waals surface area (Å²) in [6.07, 6.45) is 1.16. The van der Waals surface area contributed by atoms with Gasteiger partial charge in [-0.3, -0.25) is 0 Å². The minimum atomic E-state index is 0.328. The number of hydrogen-bond acceptors (Lipinski definition) is 3. The second kappa shape index (κ2) is 7.87. The topological polar surface area (TPSA) is 12.0 Å². The van der Waals surface area contributed by atoms with Gasteiger partial charge in [-0.25, -0.2) is 0 Å². The molecule has 0 saturated carbocycles. The van der Waals surface area contributed by atoms with Crippen LogP contribution in [0, 0.1) is 6.92 Å². The minimum absolute atomic E-state index is 0.328. The first kappa shape index (κ1) is 15.6. The Balaban J connectivity index is 2.21. The molecule has 1 aromatic carbocycles. The number of thiophene rings is 1. The van der Waals surface area contributed by atoms with Crippen molar-refractivity contribution in [3.05, 3.63) is 51.7 Å². The van der Waals surface area contributed by atoms with E-state index in [0.717, 1.165) is 18.7 Å². The fourth-order valence-corrected chi connectivity index (χ4v) is 3.85. The number of rotatable bonds is 7. The average Bonchev–Trinajstić information content (AvgIpc) is 2.88. The molecule has 0 aliphatic rings. The summed E-state index contributed by atoms with van der Waals surface area (Å²) in [6.45, 7) is 7.63. The third-order valence-corrected chi connectivity index (χ3v) is 5.13. The van der Waals surface area contributed by atoms with Gasteiger partial charge in [0, 0.05) is 14.6 Å². The Kier molecular flexibility index (Phi) is 6.14. The SMILES string of the molecule is CCCNC(c1ccc(SCC)cc1)c1ccc(C)s1. The van der Waals surface area contributed by atoms with Crippen LogP contribution in [0.2, 0.25) is 0 Å². The van der Waals surface area contributed by atoms with Crippen molar-refractivity contribution in [1.82, 2.24) is 5.32 Å². The van der Waals surface area contributed by atoms with E-state index in [9.17, 15) is 0 Å². The second-order valence-corrected chi connectivity index (χ2v) is 7.49. The molecule has 0 aliphatic heterocycles. The Labute approximate surface area is 130 Å². The van der Waals surface area contributed by atoms with Crippen LogP contribution in [0.1, 0.15) is 41.6 Å². The Morgan fingerprint density at radius 3 is 2.40 bits per heavy atom. The van der Waals surface area contributed by atoms with Crippen molar-refractivity contribution >= 4 is 23.1 Å². The van der Waals surface area contributed by atoms with Crippen LogP contribution in [-0.2, 0) is 0 Å². The van der Waals surface area contributed by atoms with Crippen LogP contribution in [0.4, 0.5) is 0 Å². The fourth-order valence-electron chi connectivity index (χ4n) is 2.20. The summed E-state index contributed by atoms with van der Waals surface area (Å²) in [5, 5.41) is 3.67. The van der Waals surface area contributed by atoms with E-state index < -0.39 is 0 Å². The molecule has 0 saturated heterocycles. The highest BCUT2D eigenvalue weighted by molar-refractivity contribution is 7.99. The van der Waals surface area contributed by atoms with Gasteiger partial charge in [-0.15, -0.1) is 23.1 Å². The molecule has 0 radical (unpaired) electrons. The molecule has 0 spiro atoms. The Morgan fingerprint density at radius 1 is 1.10 bits per heavy atom. The highest BCUT2D eigenvalue weighted by Crippen LogP contribution is 2.29. The van der Waals surface area contributed by atoms with Crippen LogP contribution >= 0.6 is 23.1 Å². The van der Waals surface area contributed by atoms with Gasteiger partial charge in [-0.05, 0) is 55.5 Å². The lowest BCUT2D eigenvalue weighted by atomic mass is 10.1. The first-order valence-corrected chi connectivity index (χ1v) is 9.07. The van der Waals surface area contributed by atoms with Crippen LogP contribution in [0.15, 0.2) is 41.3 Å². The molecule has 1 atom stereocenters. The van der Waals surface area contributed by atoms with E-state index >= 15 is 0 Å². The molecule has 108 valence electrons. The fraction of sp³-hybridized carbons (Fsp3) is 0.412. The molecule has 0 fully saturated rings. The monoisotopic (exact) mass is 305 g/mol. The van der Waals surface area contributed by atoms with E-state index in [1.165, 1.54) is 20.2 Å². The molecule has 3 heteroatoms. The lowest BCUT2D eigenvalue weighted by molar-refractivity contribution is 0.605. The van der Waals surface area contributed by atoms with E-state index in [1.54, 1.807) is 0 Å². The third-order valence-electron chi connectivity index (χ3n) is 3.17. The van der Waals surface area contributed by atoms with E-state index in [-0.39, 0.29) is 0 Å².